The molecule has 0 N–H and O–H groups in total. The molecule has 1 aliphatic heterocycles. The number of hydrogen-bond donors (Lipinski definition) is 0. The predicted molar refractivity (Wildman–Crippen MR) is 84.2 cm³/mol. The molecule has 3 atom stereocenters. The van der Waals surface area contributed by atoms with Gasteiger partial charge in [0.25, 0.3) is 0 Å². The van der Waals surface area contributed by atoms with E-state index in [2.05, 4.69) is 4.90 Å². The molecule has 1 aromatic rings. The Kier molecular flexibility index (Phi) is 3.91. The van der Waals surface area contributed by atoms with Crippen LogP contribution in [-0.4, -0.2) is 24.0 Å². The molecule has 0 spiro atoms. The van der Waals surface area contributed by atoms with Gasteiger partial charge in [-0.15, -0.1) is 0 Å². The van der Waals surface area contributed by atoms with E-state index in [0.29, 0.717) is 11.6 Å². The number of alkyl halides is 3. The lowest BCUT2D eigenvalue weighted by Gasteiger charge is -2.40. The fourth-order valence-electron chi connectivity index (χ4n) is 5.31. The molecular formula is C19H24F3N. The van der Waals surface area contributed by atoms with Gasteiger partial charge in [-0.25, -0.2) is 0 Å². The second-order valence-corrected chi connectivity index (χ2v) is 7.64. The highest BCUT2D eigenvalue weighted by Gasteiger charge is 2.43. The highest BCUT2D eigenvalue weighted by Crippen LogP contribution is 2.48. The summed E-state index contributed by atoms with van der Waals surface area (Å²) in [7, 11) is 0. The zero-order valence-electron chi connectivity index (χ0n) is 13.4. The van der Waals surface area contributed by atoms with Crippen molar-refractivity contribution in [2.45, 2.75) is 56.7 Å². The summed E-state index contributed by atoms with van der Waals surface area (Å²) in [5.74, 6) is 1.84. The minimum atomic E-state index is -4.24. The van der Waals surface area contributed by atoms with E-state index < -0.39 is 11.7 Å². The first kappa shape index (κ1) is 15.5. The fourth-order valence-corrected chi connectivity index (χ4v) is 5.31. The van der Waals surface area contributed by atoms with Gasteiger partial charge in [0.1, 0.15) is 0 Å². The number of halogens is 3. The average molecular weight is 323 g/mol. The lowest BCUT2D eigenvalue weighted by atomic mass is 9.84. The first-order chi connectivity index (χ1) is 11.0. The number of piperidine rings is 1. The molecule has 2 saturated carbocycles. The molecular weight excluding hydrogens is 299 g/mol. The zero-order valence-corrected chi connectivity index (χ0v) is 13.4. The number of hydrogen-bond acceptors (Lipinski definition) is 1. The molecule has 1 heterocycles. The number of fused-ring (bicyclic) bond motifs is 2. The largest absolute Gasteiger partial charge is 0.416 e. The van der Waals surface area contributed by atoms with Crippen LogP contribution < -0.4 is 0 Å². The van der Waals surface area contributed by atoms with Gasteiger partial charge in [-0.1, -0.05) is 24.6 Å². The van der Waals surface area contributed by atoms with E-state index in [0.717, 1.165) is 37.8 Å². The van der Waals surface area contributed by atoms with E-state index in [1.165, 1.54) is 37.8 Å². The average Bonchev–Trinajstić information content (AvgIpc) is 3.17. The Bertz CT molecular complexity index is 560. The Hall–Kier alpha value is -1.03. The van der Waals surface area contributed by atoms with Crippen molar-refractivity contribution in [3.8, 4) is 0 Å². The molecule has 0 aromatic heterocycles. The molecule has 3 aliphatic rings. The van der Waals surface area contributed by atoms with Gasteiger partial charge in [-0.2, -0.15) is 13.2 Å². The maximum atomic E-state index is 13.2. The third-order valence-corrected chi connectivity index (χ3v) is 6.41. The van der Waals surface area contributed by atoms with Crippen LogP contribution in [0.1, 0.15) is 55.6 Å². The highest BCUT2D eigenvalue weighted by atomic mass is 19.4. The molecule has 4 heteroatoms. The predicted octanol–water partition coefficient (Wildman–Crippen LogP) is 5.07. The monoisotopic (exact) mass is 323 g/mol. The van der Waals surface area contributed by atoms with E-state index in [9.17, 15) is 13.2 Å². The molecule has 0 amide bonds. The molecule has 1 nitrogen and oxygen atoms in total. The van der Waals surface area contributed by atoms with Crippen LogP contribution >= 0.6 is 0 Å². The van der Waals surface area contributed by atoms with E-state index in [4.69, 9.17) is 0 Å². The SMILES string of the molecule is FC(F)(F)c1ccccc1C1CCN(C2C[C@H]3CC[C@H]2C3)CC1. The highest BCUT2D eigenvalue weighted by molar-refractivity contribution is 5.33. The van der Waals surface area contributed by atoms with Crippen molar-refractivity contribution in [2.24, 2.45) is 11.8 Å². The summed E-state index contributed by atoms with van der Waals surface area (Å²) in [6.45, 7) is 1.93. The summed E-state index contributed by atoms with van der Waals surface area (Å²) in [5.41, 5.74) is 0.0750. The lowest BCUT2D eigenvalue weighted by Crippen LogP contribution is -2.43. The maximum Gasteiger partial charge on any atom is 0.416 e. The summed E-state index contributed by atoms with van der Waals surface area (Å²) in [6, 6.07) is 6.87. The van der Waals surface area contributed by atoms with Crippen molar-refractivity contribution in [2.75, 3.05) is 13.1 Å². The first-order valence-corrected chi connectivity index (χ1v) is 8.92. The Morgan fingerprint density at radius 2 is 1.65 bits per heavy atom. The third kappa shape index (κ3) is 2.90. The van der Waals surface area contributed by atoms with Crippen molar-refractivity contribution < 1.29 is 13.2 Å². The zero-order chi connectivity index (χ0) is 16.0. The van der Waals surface area contributed by atoms with Crippen molar-refractivity contribution in [1.29, 1.82) is 0 Å². The van der Waals surface area contributed by atoms with Gasteiger partial charge in [0.2, 0.25) is 0 Å². The Labute approximate surface area is 135 Å². The normalized spacial score (nSPS) is 32.6. The standard InChI is InChI=1S/C19H24F3N/c20-19(21,22)17-4-2-1-3-16(17)14-7-9-23(10-8-14)18-12-13-5-6-15(18)11-13/h1-4,13-15,18H,5-12H2/t13-,15-,18?/m0/s1. The van der Waals surface area contributed by atoms with Crippen LogP contribution in [0.15, 0.2) is 24.3 Å². The van der Waals surface area contributed by atoms with E-state index >= 15 is 0 Å². The molecule has 23 heavy (non-hydrogen) atoms. The molecule has 2 aliphatic carbocycles. The topological polar surface area (TPSA) is 3.24 Å². The third-order valence-electron chi connectivity index (χ3n) is 6.41. The van der Waals surface area contributed by atoms with Crippen LogP contribution in [0.3, 0.4) is 0 Å². The second-order valence-electron chi connectivity index (χ2n) is 7.64. The summed E-state index contributed by atoms with van der Waals surface area (Å²) in [6.07, 6.45) is 2.97. The summed E-state index contributed by atoms with van der Waals surface area (Å²) >= 11 is 0. The Balaban J connectivity index is 1.44. The Morgan fingerprint density at radius 1 is 0.913 bits per heavy atom. The van der Waals surface area contributed by atoms with Crippen LogP contribution in [0, 0.1) is 11.8 Å². The van der Waals surface area contributed by atoms with Crippen molar-refractivity contribution in [3.63, 3.8) is 0 Å². The number of rotatable bonds is 2. The van der Waals surface area contributed by atoms with Gasteiger partial charge in [-0.3, -0.25) is 0 Å². The van der Waals surface area contributed by atoms with Crippen LogP contribution in [0.2, 0.25) is 0 Å². The van der Waals surface area contributed by atoms with Gasteiger partial charge in [0.05, 0.1) is 5.56 Å². The van der Waals surface area contributed by atoms with Crippen molar-refractivity contribution >= 4 is 0 Å². The summed E-state index contributed by atoms with van der Waals surface area (Å²) < 4.78 is 39.7. The maximum absolute atomic E-state index is 13.2. The van der Waals surface area contributed by atoms with Gasteiger partial charge in [0.15, 0.2) is 0 Å². The summed E-state index contributed by atoms with van der Waals surface area (Å²) in [4.78, 5) is 2.58. The van der Waals surface area contributed by atoms with Crippen LogP contribution in [0.5, 0.6) is 0 Å². The molecule has 2 bridgehead atoms. The number of nitrogens with zero attached hydrogens (tertiary/aromatic N) is 1. The smallest absolute Gasteiger partial charge is 0.300 e. The molecule has 0 radical (unpaired) electrons. The minimum Gasteiger partial charge on any atom is -0.300 e. The van der Waals surface area contributed by atoms with Crippen molar-refractivity contribution in [3.05, 3.63) is 35.4 Å². The van der Waals surface area contributed by atoms with E-state index in [1.807, 2.05) is 0 Å². The van der Waals surface area contributed by atoms with Crippen LogP contribution in [0.4, 0.5) is 13.2 Å². The van der Waals surface area contributed by atoms with Gasteiger partial charge < -0.3 is 4.90 Å². The van der Waals surface area contributed by atoms with Crippen LogP contribution in [0.25, 0.3) is 0 Å². The van der Waals surface area contributed by atoms with Gasteiger partial charge in [-0.05, 0) is 74.6 Å². The number of benzene rings is 1. The molecule has 3 fully saturated rings. The Morgan fingerprint density at radius 3 is 2.26 bits per heavy atom. The molecule has 1 aromatic carbocycles. The first-order valence-electron chi connectivity index (χ1n) is 8.92. The molecule has 1 unspecified atom stereocenters. The second kappa shape index (κ2) is 5.80. The van der Waals surface area contributed by atoms with Gasteiger partial charge >= 0.3 is 6.18 Å². The quantitative estimate of drug-likeness (QED) is 0.734. The lowest BCUT2D eigenvalue weighted by molar-refractivity contribution is -0.138. The van der Waals surface area contributed by atoms with Crippen LogP contribution in [-0.2, 0) is 6.18 Å². The van der Waals surface area contributed by atoms with Gasteiger partial charge in [0, 0.05) is 6.04 Å². The molecule has 4 rings (SSSR count). The molecule has 126 valence electrons. The van der Waals surface area contributed by atoms with Crippen molar-refractivity contribution in [1.82, 2.24) is 4.90 Å². The number of likely N-dealkylation sites (tertiary alicyclic amines) is 1. The molecule has 1 saturated heterocycles. The van der Waals surface area contributed by atoms with E-state index in [1.54, 1.807) is 12.1 Å². The van der Waals surface area contributed by atoms with E-state index in [-0.39, 0.29) is 5.92 Å². The fraction of sp³-hybridized carbons (Fsp3) is 0.684. The minimum absolute atomic E-state index is 0.0580. The summed E-state index contributed by atoms with van der Waals surface area (Å²) in [5, 5.41) is 0.